The van der Waals surface area contributed by atoms with E-state index in [2.05, 4.69) is 25.9 Å². The standard InChI is InChI=1S/C33H35ClF2N6O3.C2HF3O2/c34-27-17-24(7-8-29(27)45-25-10-13-42(14-11-25)33(44)20-3-1-2-4-20)41-31-26-15-21(9-12-37-30(26)39-19-40-31)32(43)38-18-22-5-6-23(35)16-28(22)36;3-2(4,5)1(6)7/h5-8,15-17,19-20,25H,1-4,9-14,18H2,(H,38,43)(H2,37,39,40,41);(H,6,7). The molecule has 1 saturated carbocycles. The first-order chi connectivity index (χ1) is 24.8. The molecule has 278 valence electrons. The molecule has 1 aromatic heterocycles. The Balaban J connectivity index is 0.000000679. The smallest absolute Gasteiger partial charge is 0.489 e. The van der Waals surface area contributed by atoms with Gasteiger partial charge in [0.25, 0.3) is 0 Å². The minimum atomic E-state index is -5.08. The van der Waals surface area contributed by atoms with Gasteiger partial charge in [0.05, 0.1) is 10.6 Å². The molecule has 0 radical (unpaired) electrons. The van der Waals surface area contributed by atoms with Gasteiger partial charge in [0, 0.05) is 67.8 Å². The van der Waals surface area contributed by atoms with Crippen molar-refractivity contribution in [2.75, 3.05) is 30.3 Å². The molecule has 1 saturated heterocycles. The van der Waals surface area contributed by atoms with Gasteiger partial charge in [-0.1, -0.05) is 30.5 Å². The number of fused-ring (bicyclic) bond motifs is 1. The Labute approximate surface area is 300 Å². The molecule has 2 aromatic carbocycles. The highest BCUT2D eigenvalue weighted by molar-refractivity contribution is 6.32. The Bertz CT molecular complexity index is 1810. The number of hydrogen-bond acceptors (Lipinski definition) is 8. The summed E-state index contributed by atoms with van der Waals surface area (Å²) in [5, 5.41) is 16.8. The van der Waals surface area contributed by atoms with Crippen LogP contribution >= 0.6 is 11.6 Å². The minimum absolute atomic E-state index is 0.0214. The third kappa shape index (κ3) is 10.1. The lowest BCUT2D eigenvalue weighted by molar-refractivity contribution is -0.192. The Morgan fingerprint density at radius 1 is 1.02 bits per heavy atom. The summed E-state index contributed by atoms with van der Waals surface area (Å²) in [6.45, 7) is 1.77. The van der Waals surface area contributed by atoms with Crippen LogP contribution in [0, 0.1) is 17.6 Å². The molecule has 6 rings (SSSR count). The number of ether oxygens (including phenoxy) is 1. The van der Waals surface area contributed by atoms with Gasteiger partial charge < -0.3 is 30.7 Å². The molecule has 0 spiro atoms. The van der Waals surface area contributed by atoms with Crippen molar-refractivity contribution in [3.63, 3.8) is 0 Å². The van der Waals surface area contributed by atoms with Gasteiger partial charge in [-0.3, -0.25) is 9.59 Å². The van der Waals surface area contributed by atoms with E-state index >= 15 is 0 Å². The summed E-state index contributed by atoms with van der Waals surface area (Å²) >= 11 is 6.63. The largest absolute Gasteiger partial charge is 0.490 e. The van der Waals surface area contributed by atoms with E-state index in [0.717, 1.165) is 50.7 Å². The zero-order valence-corrected chi connectivity index (χ0v) is 28.5. The number of likely N-dealkylation sites (tertiary alicyclic amines) is 1. The molecule has 11 nitrogen and oxygen atoms in total. The predicted octanol–water partition coefficient (Wildman–Crippen LogP) is 6.86. The number of aromatic nitrogens is 2. The third-order valence-corrected chi connectivity index (χ3v) is 9.12. The van der Waals surface area contributed by atoms with Crippen LogP contribution in [0.5, 0.6) is 5.75 Å². The summed E-state index contributed by atoms with van der Waals surface area (Å²) in [5.74, 6) is -2.45. The maximum atomic E-state index is 14.1. The van der Waals surface area contributed by atoms with Crippen molar-refractivity contribution in [1.82, 2.24) is 20.2 Å². The van der Waals surface area contributed by atoms with Gasteiger partial charge in [0.2, 0.25) is 11.8 Å². The van der Waals surface area contributed by atoms with Crippen LogP contribution < -0.4 is 20.7 Å². The molecule has 2 amide bonds. The van der Waals surface area contributed by atoms with Gasteiger partial charge in [-0.25, -0.2) is 23.5 Å². The van der Waals surface area contributed by atoms with Crippen LogP contribution in [0.25, 0.3) is 6.08 Å². The van der Waals surface area contributed by atoms with E-state index in [1.807, 2.05) is 17.0 Å². The van der Waals surface area contributed by atoms with Crippen LogP contribution in [0.15, 0.2) is 48.3 Å². The van der Waals surface area contributed by atoms with Gasteiger partial charge in [0.15, 0.2) is 0 Å². The zero-order chi connectivity index (χ0) is 37.4. The number of rotatable bonds is 8. The molecule has 0 unspecified atom stereocenters. The number of aliphatic carboxylic acids is 1. The monoisotopic (exact) mass is 750 g/mol. The van der Waals surface area contributed by atoms with Crippen LogP contribution in [-0.4, -0.2) is 69.7 Å². The number of halogens is 6. The van der Waals surface area contributed by atoms with Crippen LogP contribution in [0.4, 0.5) is 39.3 Å². The van der Waals surface area contributed by atoms with E-state index in [4.69, 9.17) is 26.2 Å². The molecular formula is C35H36ClF5N6O5. The molecule has 0 bridgehead atoms. The van der Waals surface area contributed by atoms with E-state index in [9.17, 15) is 31.5 Å². The quantitative estimate of drug-likeness (QED) is 0.182. The van der Waals surface area contributed by atoms with Gasteiger partial charge in [-0.2, -0.15) is 13.2 Å². The summed E-state index contributed by atoms with van der Waals surface area (Å²) < 4.78 is 65.3. The van der Waals surface area contributed by atoms with Gasteiger partial charge in [-0.15, -0.1) is 0 Å². The third-order valence-electron chi connectivity index (χ3n) is 8.82. The first-order valence-electron chi connectivity index (χ1n) is 16.6. The maximum absolute atomic E-state index is 14.1. The highest BCUT2D eigenvalue weighted by Gasteiger charge is 2.38. The average Bonchev–Trinajstić information content (AvgIpc) is 3.55. The first-order valence-corrected chi connectivity index (χ1v) is 17.0. The second kappa shape index (κ2) is 17.0. The number of anilines is 3. The second-order valence-corrected chi connectivity index (χ2v) is 12.9. The highest BCUT2D eigenvalue weighted by Crippen LogP contribution is 2.34. The molecule has 17 heteroatoms. The van der Waals surface area contributed by atoms with E-state index in [1.165, 1.54) is 12.4 Å². The Morgan fingerprint density at radius 3 is 2.38 bits per heavy atom. The Morgan fingerprint density at radius 2 is 1.73 bits per heavy atom. The summed E-state index contributed by atoms with van der Waals surface area (Å²) in [5.41, 5.74) is 1.90. The number of piperidine rings is 1. The van der Waals surface area contributed by atoms with Crippen molar-refractivity contribution in [3.05, 3.63) is 76.1 Å². The molecule has 1 aliphatic carbocycles. The van der Waals surface area contributed by atoms with E-state index in [-0.39, 0.29) is 30.0 Å². The van der Waals surface area contributed by atoms with E-state index in [1.54, 1.807) is 12.1 Å². The fraction of sp³-hybridized carbons (Fsp3) is 0.400. The second-order valence-electron chi connectivity index (χ2n) is 12.4. The number of nitrogens with zero attached hydrogens (tertiary/aromatic N) is 3. The number of carbonyl (C=O) groups excluding carboxylic acids is 2. The fourth-order valence-electron chi connectivity index (χ4n) is 6.08. The molecule has 52 heavy (non-hydrogen) atoms. The molecule has 3 aliphatic rings. The summed E-state index contributed by atoms with van der Waals surface area (Å²) in [7, 11) is 0. The first kappa shape index (κ1) is 38.2. The van der Waals surface area contributed by atoms with Crippen molar-refractivity contribution in [2.45, 2.75) is 63.8 Å². The van der Waals surface area contributed by atoms with E-state index in [0.29, 0.717) is 71.2 Å². The molecule has 4 N–H and O–H groups in total. The number of hydrogen-bond donors (Lipinski definition) is 4. The van der Waals surface area contributed by atoms with E-state index < -0.39 is 23.8 Å². The highest BCUT2D eigenvalue weighted by atomic mass is 35.5. The average molecular weight is 751 g/mol. The molecule has 2 aliphatic heterocycles. The SMILES string of the molecule is O=C(NCc1ccc(F)cc1F)C1=Cc2c(ncnc2Nc2ccc(OC3CCN(C(=O)C4CCCC4)CC3)c(Cl)c2)NCC1.O=C(O)C(F)(F)F. The molecule has 3 aromatic rings. The topological polar surface area (TPSA) is 146 Å². The molecule has 0 atom stereocenters. The van der Waals surface area contributed by atoms with Crippen LogP contribution in [-0.2, 0) is 20.9 Å². The van der Waals surface area contributed by atoms with Crippen LogP contribution in [0.1, 0.15) is 56.1 Å². The summed E-state index contributed by atoms with van der Waals surface area (Å²) in [6, 6.07) is 8.65. The van der Waals surface area contributed by atoms with Crippen molar-refractivity contribution in [1.29, 1.82) is 0 Å². The van der Waals surface area contributed by atoms with Gasteiger partial charge in [-0.05, 0) is 49.6 Å². The summed E-state index contributed by atoms with van der Waals surface area (Å²) in [6.07, 6.45) is 4.25. The lowest BCUT2D eigenvalue weighted by atomic mass is 10.0. The number of benzene rings is 2. The lowest BCUT2D eigenvalue weighted by Crippen LogP contribution is -2.44. The van der Waals surface area contributed by atoms with Crippen molar-refractivity contribution in [3.8, 4) is 5.75 Å². The maximum Gasteiger partial charge on any atom is 0.490 e. The van der Waals surface area contributed by atoms with Crippen molar-refractivity contribution >= 4 is 52.8 Å². The zero-order valence-electron chi connectivity index (χ0n) is 27.7. The molecule has 3 heterocycles. The number of nitrogens with one attached hydrogen (secondary N) is 3. The van der Waals surface area contributed by atoms with Gasteiger partial charge >= 0.3 is 12.1 Å². The van der Waals surface area contributed by atoms with Gasteiger partial charge in [0.1, 0.15) is 41.5 Å². The molecule has 2 fully saturated rings. The predicted molar refractivity (Wildman–Crippen MR) is 182 cm³/mol. The lowest BCUT2D eigenvalue weighted by Gasteiger charge is -2.33. The fourth-order valence-corrected chi connectivity index (χ4v) is 6.31. The number of carboxylic acid groups (broad SMARTS) is 1. The van der Waals surface area contributed by atoms with Crippen LogP contribution in [0.2, 0.25) is 5.02 Å². The Hall–Kier alpha value is -4.99. The number of alkyl halides is 3. The van der Waals surface area contributed by atoms with Crippen LogP contribution in [0.3, 0.4) is 0 Å². The number of carboxylic acids is 1. The van der Waals surface area contributed by atoms with Crippen molar-refractivity contribution in [2.24, 2.45) is 5.92 Å². The number of carbonyl (C=O) groups is 3. The molecular weight excluding hydrogens is 715 g/mol. The normalized spacial score (nSPS) is 16.3. The summed E-state index contributed by atoms with van der Waals surface area (Å²) in [4.78, 5) is 45.4. The Kier molecular flexibility index (Phi) is 12.5. The minimum Gasteiger partial charge on any atom is -0.489 e. The number of amides is 2. The van der Waals surface area contributed by atoms with Crippen molar-refractivity contribution < 1.29 is 46.2 Å².